The van der Waals surface area contributed by atoms with E-state index in [-0.39, 0.29) is 0 Å². The van der Waals surface area contributed by atoms with Crippen LogP contribution < -0.4 is 5.84 Å². The standard InChI is InChI=1S/C6H2N6/c7-2-10-5-4(1-12-9)6(5)11-3-8/h9H2. The fraction of sp³-hybridized carbons (Fsp3) is 0. The Hall–Kier alpha value is -2.43. The Morgan fingerprint density at radius 1 is 1.08 bits per heavy atom. The molecule has 0 atom stereocenters. The number of hydrogen-bond donors (Lipinski definition) is 1. The average molecular weight is 158 g/mol. The van der Waals surface area contributed by atoms with Gasteiger partial charge < -0.3 is 5.84 Å². The van der Waals surface area contributed by atoms with E-state index in [1.807, 2.05) is 0 Å². The highest BCUT2D eigenvalue weighted by atomic mass is 15.1. The normalized spacial score (nSPS) is 19.7. The molecule has 1 aliphatic rings. The van der Waals surface area contributed by atoms with Gasteiger partial charge in [0.15, 0.2) is 0 Å². The highest BCUT2D eigenvalue weighted by molar-refractivity contribution is 6.80. The summed E-state index contributed by atoms with van der Waals surface area (Å²) in [5.41, 5.74) is 1.07. The predicted molar refractivity (Wildman–Crippen MR) is 41.2 cm³/mol. The van der Waals surface area contributed by atoms with Gasteiger partial charge in [-0.1, -0.05) is 0 Å². The lowest BCUT2D eigenvalue weighted by atomic mass is 10.7. The van der Waals surface area contributed by atoms with Crippen LogP contribution in [0.25, 0.3) is 0 Å². The zero-order valence-electron chi connectivity index (χ0n) is 5.81. The first kappa shape index (κ1) is 7.67. The van der Waals surface area contributed by atoms with Crippen LogP contribution in [-0.4, -0.2) is 17.3 Å². The number of hydrogen-bond acceptors (Lipinski definition) is 6. The second-order valence-corrected chi connectivity index (χ2v) is 1.74. The van der Waals surface area contributed by atoms with Crippen molar-refractivity contribution in [2.24, 2.45) is 20.9 Å². The van der Waals surface area contributed by atoms with Crippen LogP contribution in [0.2, 0.25) is 0 Å². The van der Waals surface area contributed by atoms with Crippen LogP contribution in [0.1, 0.15) is 0 Å². The number of allylic oxidation sites excluding steroid dienone is 1. The number of nitrogens with two attached hydrogens (primary N) is 1. The number of aliphatic imine (C=N–C) groups is 2. The first-order chi connectivity index (χ1) is 5.85. The largest absolute Gasteiger partial charge is 0.315 e. The SMILES string of the molecule is N#CN=C1C(=C=NN)C1=NC#N. The molecule has 0 radical (unpaired) electrons. The smallest absolute Gasteiger partial charge is 0.206 e. The van der Waals surface area contributed by atoms with Crippen molar-refractivity contribution < 1.29 is 0 Å². The molecule has 2 N–H and O–H groups in total. The Morgan fingerprint density at radius 3 is 1.92 bits per heavy atom. The van der Waals surface area contributed by atoms with E-state index < -0.39 is 0 Å². The van der Waals surface area contributed by atoms with Crippen molar-refractivity contribution in [1.29, 1.82) is 10.5 Å². The molecule has 0 saturated heterocycles. The Balaban J connectivity index is 3.10. The molecule has 1 saturated carbocycles. The fourth-order valence-electron chi connectivity index (χ4n) is 0.656. The summed E-state index contributed by atoms with van der Waals surface area (Å²) < 4.78 is 0. The van der Waals surface area contributed by atoms with Crippen LogP contribution in [0.15, 0.2) is 20.7 Å². The van der Waals surface area contributed by atoms with Crippen LogP contribution in [0.5, 0.6) is 0 Å². The van der Waals surface area contributed by atoms with Gasteiger partial charge in [-0.3, -0.25) is 0 Å². The molecule has 12 heavy (non-hydrogen) atoms. The molecule has 1 fully saturated rings. The summed E-state index contributed by atoms with van der Waals surface area (Å²) in [5.74, 6) is 7.15. The summed E-state index contributed by atoms with van der Waals surface area (Å²) in [7, 11) is 0. The molecule has 0 bridgehead atoms. The van der Waals surface area contributed by atoms with Gasteiger partial charge in [0.05, 0.1) is 5.57 Å². The highest BCUT2D eigenvalue weighted by Crippen LogP contribution is 2.18. The number of nitrogens with zero attached hydrogens (tertiary/aromatic N) is 5. The summed E-state index contributed by atoms with van der Waals surface area (Å²) in [5, 5.41) is 19.4. The van der Waals surface area contributed by atoms with E-state index in [1.54, 1.807) is 12.4 Å². The monoisotopic (exact) mass is 158 g/mol. The minimum Gasteiger partial charge on any atom is -0.315 e. The maximum absolute atomic E-state index is 8.17. The van der Waals surface area contributed by atoms with Crippen molar-refractivity contribution in [3.05, 3.63) is 5.57 Å². The van der Waals surface area contributed by atoms with Gasteiger partial charge in [-0.05, 0) is 0 Å². The van der Waals surface area contributed by atoms with E-state index in [0.717, 1.165) is 0 Å². The topological polar surface area (TPSA) is 111 Å². The molecular formula is C6H2N6. The van der Waals surface area contributed by atoms with Gasteiger partial charge in [0.25, 0.3) is 0 Å². The van der Waals surface area contributed by atoms with Crippen LogP contribution in [0.3, 0.4) is 0 Å². The molecule has 0 heterocycles. The molecule has 0 aromatic heterocycles. The summed E-state index contributed by atoms with van der Waals surface area (Å²) in [6, 6.07) is 0. The second kappa shape index (κ2) is 3.11. The summed E-state index contributed by atoms with van der Waals surface area (Å²) >= 11 is 0. The molecule has 56 valence electrons. The van der Waals surface area contributed by atoms with Crippen LogP contribution in [0.4, 0.5) is 0 Å². The summed E-state index contributed by atoms with van der Waals surface area (Å²) in [6.45, 7) is 0. The zero-order valence-corrected chi connectivity index (χ0v) is 5.81. The Morgan fingerprint density at radius 2 is 1.58 bits per heavy atom. The summed E-state index contributed by atoms with van der Waals surface area (Å²) in [4.78, 5) is 6.72. The quantitative estimate of drug-likeness (QED) is 0.218. The van der Waals surface area contributed by atoms with E-state index in [2.05, 4.69) is 21.0 Å². The third-order valence-corrected chi connectivity index (χ3v) is 1.14. The summed E-state index contributed by atoms with van der Waals surface area (Å²) in [6.07, 6.45) is 3.12. The molecule has 6 nitrogen and oxygen atoms in total. The Kier molecular flexibility index (Phi) is 1.99. The highest BCUT2D eigenvalue weighted by Gasteiger charge is 2.36. The van der Waals surface area contributed by atoms with Gasteiger partial charge >= 0.3 is 0 Å². The van der Waals surface area contributed by atoms with Gasteiger partial charge in [0.1, 0.15) is 11.4 Å². The second-order valence-electron chi connectivity index (χ2n) is 1.74. The van der Waals surface area contributed by atoms with E-state index in [0.29, 0.717) is 17.0 Å². The van der Waals surface area contributed by atoms with Crippen molar-refractivity contribution in [2.75, 3.05) is 0 Å². The molecule has 0 spiro atoms. The Bertz CT molecular complexity index is 374. The minimum atomic E-state index is 0.327. The first-order valence-electron chi connectivity index (χ1n) is 2.82. The van der Waals surface area contributed by atoms with Gasteiger partial charge in [0, 0.05) is 5.87 Å². The molecule has 0 unspecified atom stereocenters. The van der Waals surface area contributed by atoms with Crippen molar-refractivity contribution in [1.82, 2.24) is 0 Å². The molecule has 1 rings (SSSR count). The number of hydrazone groups is 1. The third kappa shape index (κ3) is 1.19. The van der Waals surface area contributed by atoms with Gasteiger partial charge in [-0.25, -0.2) is 0 Å². The Labute approximate surface area is 67.6 Å². The molecular weight excluding hydrogens is 156 g/mol. The van der Waals surface area contributed by atoms with E-state index in [1.165, 1.54) is 0 Å². The molecule has 0 amide bonds. The average Bonchev–Trinajstić information content (AvgIpc) is 2.67. The maximum atomic E-state index is 8.17. The number of rotatable bonds is 0. The first-order valence-corrected chi connectivity index (χ1v) is 2.82. The van der Waals surface area contributed by atoms with Crippen molar-refractivity contribution >= 4 is 17.3 Å². The molecule has 0 aliphatic heterocycles. The molecule has 6 heteroatoms. The van der Waals surface area contributed by atoms with Crippen LogP contribution in [-0.2, 0) is 0 Å². The van der Waals surface area contributed by atoms with Gasteiger partial charge in [0.2, 0.25) is 12.4 Å². The molecule has 0 aromatic rings. The zero-order chi connectivity index (χ0) is 8.97. The lowest BCUT2D eigenvalue weighted by molar-refractivity contribution is 1.27. The van der Waals surface area contributed by atoms with Crippen LogP contribution in [0, 0.1) is 22.9 Å². The van der Waals surface area contributed by atoms with Gasteiger partial charge in [-0.2, -0.15) is 20.5 Å². The van der Waals surface area contributed by atoms with Gasteiger partial charge in [-0.15, -0.1) is 5.10 Å². The minimum absolute atomic E-state index is 0.327. The van der Waals surface area contributed by atoms with E-state index in [9.17, 15) is 0 Å². The van der Waals surface area contributed by atoms with Crippen LogP contribution >= 0.6 is 0 Å². The molecule has 0 aromatic carbocycles. The number of nitriles is 2. The van der Waals surface area contributed by atoms with Crippen molar-refractivity contribution in [3.8, 4) is 12.4 Å². The third-order valence-electron chi connectivity index (χ3n) is 1.14. The predicted octanol–water partition coefficient (Wildman–Crippen LogP) is -0.686. The van der Waals surface area contributed by atoms with Crippen molar-refractivity contribution in [2.45, 2.75) is 0 Å². The van der Waals surface area contributed by atoms with E-state index >= 15 is 0 Å². The lowest BCUT2D eigenvalue weighted by Crippen LogP contribution is -1.74. The van der Waals surface area contributed by atoms with E-state index in [4.69, 9.17) is 16.4 Å². The maximum Gasteiger partial charge on any atom is 0.206 e. The lowest BCUT2D eigenvalue weighted by Gasteiger charge is -1.56. The fourth-order valence-corrected chi connectivity index (χ4v) is 0.656. The molecule has 1 aliphatic carbocycles. The van der Waals surface area contributed by atoms with Crippen molar-refractivity contribution in [3.63, 3.8) is 0 Å².